The molecule has 1 heterocycles. The molecule has 0 spiro atoms. The fourth-order valence-corrected chi connectivity index (χ4v) is 3.29. The van der Waals surface area contributed by atoms with E-state index in [0.29, 0.717) is 11.8 Å². The van der Waals surface area contributed by atoms with Crippen molar-refractivity contribution in [2.75, 3.05) is 13.2 Å². The third-order valence-electron chi connectivity index (χ3n) is 4.95. The van der Waals surface area contributed by atoms with Crippen molar-refractivity contribution in [1.29, 1.82) is 0 Å². The van der Waals surface area contributed by atoms with Gasteiger partial charge in [0.05, 0.1) is 25.4 Å². The highest BCUT2D eigenvalue weighted by Crippen LogP contribution is 2.38. The van der Waals surface area contributed by atoms with Crippen LogP contribution in [0, 0.1) is 17.3 Å². The molecule has 0 N–H and O–H groups in total. The summed E-state index contributed by atoms with van der Waals surface area (Å²) in [7, 11) is 0. The Labute approximate surface area is 163 Å². The lowest BCUT2D eigenvalue weighted by atomic mass is 9.80. The third-order valence-corrected chi connectivity index (χ3v) is 4.95. The molecule has 1 aliphatic heterocycles. The van der Waals surface area contributed by atoms with E-state index in [1.807, 2.05) is 0 Å². The number of hydrogen-bond donors (Lipinski definition) is 0. The summed E-state index contributed by atoms with van der Waals surface area (Å²) in [6.07, 6.45) is 1.79. The topological polar surface area (TPSA) is 71.1 Å². The van der Waals surface area contributed by atoms with E-state index >= 15 is 0 Å². The van der Waals surface area contributed by atoms with Crippen molar-refractivity contribution in [3.05, 3.63) is 12.7 Å². The number of carbonyl (C=O) groups excluding carboxylic acids is 2. The first-order valence-electron chi connectivity index (χ1n) is 9.98. The highest BCUT2D eigenvalue weighted by molar-refractivity contribution is 6.00. The van der Waals surface area contributed by atoms with Crippen LogP contribution in [0.1, 0.15) is 60.8 Å². The van der Waals surface area contributed by atoms with Crippen LogP contribution in [0.15, 0.2) is 12.7 Å². The van der Waals surface area contributed by atoms with Crippen molar-refractivity contribution in [3.63, 3.8) is 0 Å². The molecule has 1 saturated heterocycles. The highest BCUT2D eigenvalue weighted by atomic mass is 16.7. The van der Waals surface area contributed by atoms with Crippen molar-refractivity contribution >= 4 is 11.9 Å². The molecule has 0 radical (unpaired) electrons. The molecule has 1 fully saturated rings. The maximum absolute atomic E-state index is 12.8. The number of esters is 2. The summed E-state index contributed by atoms with van der Waals surface area (Å²) >= 11 is 0. The predicted molar refractivity (Wildman–Crippen MR) is 103 cm³/mol. The number of allylic oxidation sites excluding steroid dienone is 1. The summed E-state index contributed by atoms with van der Waals surface area (Å²) in [5.74, 6) is -0.639. The van der Waals surface area contributed by atoms with Gasteiger partial charge in [0, 0.05) is 12.8 Å². The summed E-state index contributed by atoms with van der Waals surface area (Å²) in [5, 5.41) is 0. The van der Waals surface area contributed by atoms with Crippen LogP contribution in [0.4, 0.5) is 0 Å². The molecular weight excluding hydrogens is 348 g/mol. The molecule has 0 aromatic carbocycles. The van der Waals surface area contributed by atoms with Crippen molar-refractivity contribution in [2.45, 2.75) is 79.3 Å². The maximum atomic E-state index is 12.8. The Morgan fingerprint density at radius 1 is 1.04 bits per heavy atom. The minimum absolute atomic E-state index is 0.00183. The van der Waals surface area contributed by atoms with Gasteiger partial charge in [0.1, 0.15) is 0 Å². The summed E-state index contributed by atoms with van der Waals surface area (Å²) < 4.78 is 22.7. The molecule has 0 bridgehead atoms. The van der Waals surface area contributed by atoms with Crippen LogP contribution in [-0.2, 0) is 28.5 Å². The van der Waals surface area contributed by atoms with Crippen LogP contribution >= 0.6 is 0 Å². The molecule has 0 saturated carbocycles. The van der Waals surface area contributed by atoms with Gasteiger partial charge in [0.2, 0.25) is 0 Å². The molecule has 0 aromatic heterocycles. The molecule has 1 aliphatic rings. The Balaban J connectivity index is 3.18. The zero-order valence-corrected chi connectivity index (χ0v) is 17.7. The number of hydrogen-bond acceptors (Lipinski definition) is 6. The van der Waals surface area contributed by atoms with E-state index in [1.54, 1.807) is 13.8 Å². The average molecular weight is 385 g/mol. The summed E-state index contributed by atoms with van der Waals surface area (Å²) in [6.45, 7) is 15.9. The molecular formula is C21H36O6. The zero-order valence-electron chi connectivity index (χ0n) is 17.7. The van der Waals surface area contributed by atoms with Crippen LogP contribution in [-0.4, -0.2) is 43.7 Å². The SMILES string of the molecule is C=CCC(CC1O[C@H](C(C)C)C[C@@H](C(C)C)O1)(C(=O)OCC)C(=O)OCC. The molecule has 156 valence electrons. The second kappa shape index (κ2) is 10.8. The fourth-order valence-electron chi connectivity index (χ4n) is 3.29. The van der Waals surface area contributed by atoms with Gasteiger partial charge in [-0.25, -0.2) is 0 Å². The quantitative estimate of drug-likeness (QED) is 0.323. The molecule has 2 atom stereocenters. The van der Waals surface area contributed by atoms with Crippen LogP contribution in [0.2, 0.25) is 0 Å². The van der Waals surface area contributed by atoms with Gasteiger partial charge < -0.3 is 18.9 Å². The van der Waals surface area contributed by atoms with Gasteiger partial charge >= 0.3 is 11.9 Å². The number of rotatable bonds is 10. The molecule has 27 heavy (non-hydrogen) atoms. The maximum Gasteiger partial charge on any atom is 0.324 e. The Bertz CT molecular complexity index is 465. The normalized spacial score (nSPS) is 23.3. The Morgan fingerprint density at radius 2 is 1.48 bits per heavy atom. The van der Waals surface area contributed by atoms with Crippen molar-refractivity contribution in [2.24, 2.45) is 17.3 Å². The largest absolute Gasteiger partial charge is 0.465 e. The highest BCUT2D eigenvalue weighted by Gasteiger charge is 2.51. The van der Waals surface area contributed by atoms with E-state index in [0.717, 1.165) is 6.42 Å². The van der Waals surface area contributed by atoms with Gasteiger partial charge in [0.25, 0.3) is 0 Å². The molecule has 0 unspecified atom stereocenters. The van der Waals surface area contributed by atoms with E-state index in [1.165, 1.54) is 6.08 Å². The van der Waals surface area contributed by atoms with Gasteiger partial charge in [-0.15, -0.1) is 6.58 Å². The van der Waals surface area contributed by atoms with Crippen LogP contribution in [0.25, 0.3) is 0 Å². The fraction of sp³-hybridized carbons (Fsp3) is 0.810. The van der Waals surface area contributed by atoms with Crippen molar-refractivity contribution < 1.29 is 28.5 Å². The molecule has 6 heteroatoms. The predicted octanol–water partition coefficient (Wildman–Crippen LogP) is 3.88. The average Bonchev–Trinajstić information content (AvgIpc) is 2.61. The molecule has 0 aliphatic carbocycles. The van der Waals surface area contributed by atoms with Gasteiger partial charge in [-0.1, -0.05) is 33.8 Å². The monoisotopic (exact) mass is 384 g/mol. The zero-order chi connectivity index (χ0) is 20.6. The van der Waals surface area contributed by atoms with Crippen LogP contribution in [0.5, 0.6) is 0 Å². The lowest BCUT2D eigenvalue weighted by Gasteiger charge is -2.41. The molecule has 6 nitrogen and oxygen atoms in total. The van der Waals surface area contributed by atoms with Crippen molar-refractivity contribution in [1.82, 2.24) is 0 Å². The number of carbonyl (C=O) groups is 2. The summed E-state index contributed by atoms with van der Waals surface area (Å²) in [5.41, 5.74) is -1.52. The van der Waals surface area contributed by atoms with E-state index < -0.39 is 23.6 Å². The Morgan fingerprint density at radius 3 is 1.81 bits per heavy atom. The van der Waals surface area contributed by atoms with Gasteiger partial charge in [0.15, 0.2) is 11.7 Å². The van der Waals surface area contributed by atoms with Crippen LogP contribution in [0.3, 0.4) is 0 Å². The van der Waals surface area contributed by atoms with Gasteiger partial charge in [-0.05, 0) is 32.1 Å². The third kappa shape index (κ3) is 6.04. The van der Waals surface area contributed by atoms with Gasteiger partial charge in [-0.3, -0.25) is 9.59 Å². The second-order valence-electron chi connectivity index (χ2n) is 7.72. The summed E-state index contributed by atoms with van der Waals surface area (Å²) in [4.78, 5) is 25.6. The Hall–Kier alpha value is -1.40. The standard InChI is InChI=1S/C21H36O6/c1-8-11-21(19(22)24-9-2,20(23)25-10-3)13-18-26-16(14(4)5)12-17(27-18)15(6)7/h8,14-18H,1,9-13H2,2-7H3/t16-,17-/m0/s1. The van der Waals surface area contributed by atoms with E-state index in [4.69, 9.17) is 18.9 Å². The summed E-state index contributed by atoms with van der Waals surface area (Å²) in [6, 6.07) is 0. The van der Waals surface area contributed by atoms with Gasteiger partial charge in [-0.2, -0.15) is 0 Å². The van der Waals surface area contributed by atoms with E-state index in [2.05, 4.69) is 34.3 Å². The first-order chi connectivity index (χ1) is 12.7. The smallest absolute Gasteiger partial charge is 0.324 e. The minimum atomic E-state index is -1.52. The van der Waals surface area contributed by atoms with Crippen molar-refractivity contribution in [3.8, 4) is 0 Å². The number of ether oxygens (including phenoxy) is 4. The van der Waals surface area contributed by atoms with E-state index in [-0.39, 0.29) is 38.3 Å². The lowest BCUT2D eigenvalue weighted by molar-refractivity contribution is -0.269. The first kappa shape index (κ1) is 23.6. The molecule has 0 amide bonds. The molecule has 0 aromatic rings. The molecule has 1 rings (SSSR count). The van der Waals surface area contributed by atoms with E-state index in [9.17, 15) is 9.59 Å². The Kier molecular flexibility index (Phi) is 9.47. The minimum Gasteiger partial charge on any atom is -0.465 e. The second-order valence-corrected chi connectivity index (χ2v) is 7.72. The van der Waals surface area contributed by atoms with Crippen LogP contribution < -0.4 is 0 Å². The lowest BCUT2D eigenvalue weighted by Crippen LogP contribution is -2.49. The first-order valence-corrected chi connectivity index (χ1v) is 9.98.